The molecule has 1 heterocycles. The Hall–Kier alpha value is -3.15. The van der Waals surface area contributed by atoms with Crippen LogP contribution in [0.3, 0.4) is 0 Å². The van der Waals surface area contributed by atoms with Crippen LogP contribution in [0.25, 0.3) is 0 Å². The van der Waals surface area contributed by atoms with Crippen LogP contribution in [0.15, 0.2) is 54.6 Å². The van der Waals surface area contributed by atoms with Crippen molar-refractivity contribution in [3.63, 3.8) is 0 Å². The largest absolute Gasteiger partial charge is 0.489 e. The van der Waals surface area contributed by atoms with Gasteiger partial charge >= 0.3 is 5.97 Å². The molecule has 2 atom stereocenters. The predicted molar refractivity (Wildman–Crippen MR) is 110 cm³/mol. The fraction of sp³-hybridized carbons (Fsp3) is 0.375. The molecular formula is C24H25NO5. The summed E-state index contributed by atoms with van der Waals surface area (Å²) in [5.74, 6) is -0.0241. The van der Waals surface area contributed by atoms with Gasteiger partial charge in [0.1, 0.15) is 18.1 Å². The van der Waals surface area contributed by atoms with E-state index in [0.717, 1.165) is 31.2 Å². The Morgan fingerprint density at radius 3 is 2.10 bits per heavy atom. The third kappa shape index (κ3) is 4.53. The average Bonchev–Trinajstić information content (AvgIpc) is 3.02. The van der Waals surface area contributed by atoms with E-state index in [4.69, 9.17) is 9.47 Å². The maximum Gasteiger partial charge on any atom is 0.312 e. The quantitative estimate of drug-likeness (QED) is 0.397. The van der Waals surface area contributed by atoms with Crippen LogP contribution in [0.2, 0.25) is 0 Å². The summed E-state index contributed by atoms with van der Waals surface area (Å²) in [5, 5.41) is 0. The van der Waals surface area contributed by atoms with E-state index in [1.165, 1.54) is 4.90 Å². The van der Waals surface area contributed by atoms with Gasteiger partial charge < -0.3 is 9.47 Å². The Kier molecular flexibility index (Phi) is 6.12. The van der Waals surface area contributed by atoms with Crippen molar-refractivity contribution >= 4 is 17.8 Å². The first-order chi connectivity index (χ1) is 14.6. The Morgan fingerprint density at radius 2 is 1.47 bits per heavy atom. The molecule has 2 aromatic carbocycles. The third-order valence-electron chi connectivity index (χ3n) is 5.78. The van der Waals surface area contributed by atoms with Gasteiger partial charge in [-0.25, -0.2) is 0 Å². The lowest BCUT2D eigenvalue weighted by Gasteiger charge is -2.19. The van der Waals surface area contributed by atoms with E-state index < -0.39 is 5.97 Å². The normalized spacial score (nSPS) is 20.7. The highest BCUT2D eigenvalue weighted by atomic mass is 16.5. The van der Waals surface area contributed by atoms with Crippen LogP contribution in [0.4, 0.5) is 0 Å². The van der Waals surface area contributed by atoms with Gasteiger partial charge in [0, 0.05) is 6.54 Å². The monoisotopic (exact) mass is 407 g/mol. The minimum absolute atomic E-state index is 0.0107. The maximum atomic E-state index is 12.5. The number of carbonyl (C=O) groups is 3. The number of esters is 1. The molecule has 6 nitrogen and oxygen atoms in total. The van der Waals surface area contributed by atoms with E-state index in [-0.39, 0.29) is 36.6 Å². The van der Waals surface area contributed by atoms with Gasteiger partial charge in [0.05, 0.1) is 18.3 Å². The second-order valence-corrected chi connectivity index (χ2v) is 7.80. The summed E-state index contributed by atoms with van der Waals surface area (Å²) in [4.78, 5) is 38.4. The van der Waals surface area contributed by atoms with Crippen molar-refractivity contribution < 1.29 is 23.9 Å². The number of benzene rings is 2. The van der Waals surface area contributed by atoms with Crippen molar-refractivity contribution in [2.45, 2.75) is 38.7 Å². The molecule has 0 aromatic heterocycles. The van der Waals surface area contributed by atoms with Gasteiger partial charge in [0.2, 0.25) is 11.8 Å². The average molecular weight is 407 g/mol. The van der Waals surface area contributed by atoms with E-state index in [1.54, 1.807) is 24.3 Å². The fourth-order valence-corrected chi connectivity index (χ4v) is 4.18. The summed E-state index contributed by atoms with van der Waals surface area (Å²) in [6.45, 7) is 0.543. The summed E-state index contributed by atoms with van der Waals surface area (Å²) in [6, 6.07) is 16.7. The SMILES string of the molecule is O=C(CCN1C(=O)[C@@H]2CCCC[C@H]2C1=O)Oc1ccc(OCc2ccccc2)cc1. The van der Waals surface area contributed by atoms with Gasteiger partial charge in [-0.1, -0.05) is 43.2 Å². The number of fused-ring (bicyclic) bond motifs is 1. The highest BCUT2D eigenvalue weighted by Crippen LogP contribution is 2.38. The minimum atomic E-state index is -0.469. The first-order valence-corrected chi connectivity index (χ1v) is 10.4. The van der Waals surface area contributed by atoms with Crippen LogP contribution < -0.4 is 9.47 Å². The molecule has 2 amide bonds. The number of amides is 2. The van der Waals surface area contributed by atoms with Crippen LogP contribution in [0.1, 0.15) is 37.7 Å². The Labute approximate surface area is 175 Å². The van der Waals surface area contributed by atoms with Gasteiger partial charge in [0.15, 0.2) is 0 Å². The van der Waals surface area contributed by atoms with Gasteiger partial charge in [-0.15, -0.1) is 0 Å². The smallest absolute Gasteiger partial charge is 0.312 e. The van der Waals surface area contributed by atoms with Crippen LogP contribution in [0.5, 0.6) is 11.5 Å². The number of carbonyl (C=O) groups excluding carboxylic acids is 3. The highest BCUT2D eigenvalue weighted by Gasteiger charge is 2.47. The van der Waals surface area contributed by atoms with Crippen LogP contribution >= 0.6 is 0 Å². The summed E-state index contributed by atoms with van der Waals surface area (Å²) in [5.41, 5.74) is 1.07. The number of rotatable bonds is 7. The van der Waals surface area contributed by atoms with Crippen molar-refractivity contribution in [1.82, 2.24) is 4.90 Å². The van der Waals surface area contributed by atoms with E-state index >= 15 is 0 Å². The lowest BCUT2D eigenvalue weighted by molar-refractivity contribution is -0.141. The molecule has 2 fully saturated rings. The summed E-state index contributed by atoms with van der Waals surface area (Å²) in [6.07, 6.45) is 3.51. The van der Waals surface area contributed by atoms with Crippen LogP contribution in [-0.2, 0) is 21.0 Å². The van der Waals surface area contributed by atoms with Crippen molar-refractivity contribution in [3.8, 4) is 11.5 Å². The topological polar surface area (TPSA) is 72.9 Å². The molecule has 1 saturated carbocycles. The molecule has 0 N–H and O–H groups in total. The zero-order valence-corrected chi connectivity index (χ0v) is 16.8. The Balaban J connectivity index is 1.25. The van der Waals surface area contributed by atoms with Gasteiger partial charge in [-0.05, 0) is 42.7 Å². The van der Waals surface area contributed by atoms with Crippen molar-refractivity contribution in [3.05, 3.63) is 60.2 Å². The number of ether oxygens (including phenoxy) is 2. The molecule has 1 aliphatic heterocycles. The van der Waals surface area contributed by atoms with E-state index in [9.17, 15) is 14.4 Å². The molecule has 2 aliphatic rings. The molecule has 156 valence electrons. The third-order valence-corrected chi connectivity index (χ3v) is 5.78. The molecule has 1 aliphatic carbocycles. The Bertz CT molecular complexity index is 885. The second-order valence-electron chi connectivity index (χ2n) is 7.80. The molecule has 2 aromatic rings. The van der Waals surface area contributed by atoms with Crippen LogP contribution in [0, 0.1) is 11.8 Å². The Morgan fingerprint density at radius 1 is 0.867 bits per heavy atom. The van der Waals surface area contributed by atoms with Crippen LogP contribution in [-0.4, -0.2) is 29.2 Å². The number of imide groups is 1. The van der Waals surface area contributed by atoms with Gasteiger partial charge in [-0.2, -0.15) is 0 Å². The molecule has 30 heavy (non-hydrogen) atoms. The molecular weight excluding hydrogens is 382 g/mol. The van der Waals surface area contributed by atoms with Gasteiger partial charge in [0.25, 0.3) is 0 Å². The maximum absolute atomic E-state index is 12.5. The van der Waals surface area contributed by atoms with E-state index in [2.05, 4.69) is 0 Å². The standard InChI is InChI=1S/C24H25NO5/c26-22(14-15-25-23(27)20-8-4-5-9-21(20)24(25)28)30-19-12-10-18(11-13-19)29-16-17-6-2-1-3-7-17/h1-3,6-7,10-13,20-21H,4-5,8-9,14-16H2/t20-,21-/m1/s1. The zero-order valence-electron chi connectivity index (χ0n) is 16.8. The summed E-state index contributed by atoms with van der Waals surface area (Å²) >= 11 is 0. The molecule has 0 bridgehead atoms. The molecule has 0 radical (unpaired) electrons. The summed E-state index contributed by atoms with van der Waals surface area (Å²) < 4.78 is 11.1. The molecule has 4 rings (SSSR count). The van der Waals surface area contributed by atoms with Crippen molar-refractivity contribution in [2.24, 2.45) is 11.8 Å². The van der Waals surface area contributed by atoms with Crippen molar-refractivity contribution in [1.29, 1.82) is 0 Å². The van der Waals surface area contributed by atoms with Crippen molar-refractivity contribution in [2.75, 3.05) is 6.54 Å². The summed E-state index contributed by atoms with van der Waals surface area (Å²) in [7, 11) is 0. The highest BCUT2D eigenvalue weighted by molar-refractivity contribution is 6.05. The minimum Gasteiger partial charge on any atom is -0.489 e. The second kappa shape index (κ2) is 9.11. The number of likely N-dealkylation sites (tertiary alicyclic amines) is 1. The number of hydrogen-bond acceptors (Lipinski definition) is 5. The fourth-order valence-electron chi connectivity index (χ4n) is 4.18. The molecule has 6 heteroatoms. The van der Waals surface area contributed by atoms with Gasteiger partial charge in [-0.3, -0.25) is 19.3 Å². The lowest BCUT2D eigenvalue weighted by atomic mass is 9.81. The number of hydrogen-bond donors (Lipinski definition) is 0. The lowest BCUT2D eigenvalue weighted by Crippen LogP contribution is -2.33. The molecule has 0 spiro atoms. The first-order valence-electron chi connectivity index (χ1n) is 10.4. The molecule has 0 unspecified atom stereocenters. The van der Waals surface area contributed by atoms with E-state index in [0.29, 0.717) is 18.1 Å². The predicted octanol–water partition coefficient (Wildman–Crippen LogP) is 3.74. The first kappa shape index (κ1) is 20.1. The zero-order chi connectivity index (χ0) is 20.9. The van der Waals surface area contributed by atoms with E-state index in [1.807, 2.05) is 30.3 Å². The number of nitrogens with zero attached hydrogens (tertiary/aromatic N) is 1. The molecule has 1 saturated heterocycles.